The molecule has 59 heavy (non-hydrogen) atoms. The molecule has 4 aromatic carbocycles. The first-order valence-electron chi connectivity index (χ1n) is 21.0. The fraction of sp³-hybridized carbons (Fsp3) is 0.388. The SMILES string of the molecule is CC/C(=C\[C@H](NC(=O)OCc1ccccc1)C(=O)N[C@@H]1CCCc2ccccc21)c1ccc2c(c1)CN(C(=O)OC(C)(C)C)[C@H](C(=O)N[C@@H]1CCCc3ccccc31)C2. The molecule has 0 spiro atoms. The Labute approximate surface area is 347 Å². The van der Waals surface area contributed by atoms with Gasteiger partial charge in [-0.1, -0.05) is 97.9 Å². The largest absolute Gasteiger partial charge is 0.445 e. The number of ether oxygens (including phenoxy) is 2. The van der Waals surface area contributed by atoms with E-state index in [1.54, 1.807) is 11.0 Å². The Balaban J connectivity index is 1.15. The van der Waals surface area contributed by atoms with Gasteiger partial charge in [-0.25, -0.2) is 9.59 Å². The minimum absolute atomic E-state index is 0.0628. The molecule has 3 N–H and O–H groups in total. The summed E-state index contributed by atoms with van der Waals surface area (Å²) < 4.78 is 11.4. The van der Waals surface area contributed by atoms with Gasteiger partial charge in [0.1, 0.15) is 24.3 Å². The van der Waals surface area contributed by atoms with Gasteiger partial charge >= 0.3 is 12.2 Å². The van der Waals surface area contributed by atoms with Crippen molar-refractivity contribution in [1.82, 2.24) is 20.9 Å². The maximum Gasteiger partial charge on any atom is 0.411 e. The summed E-state index contributed by atoms with van der Waals surface area (Å²) in [5, 5.41) is 9.34. The zero-order valence-corrected chi connectivity index (χ0v) is 34.6. The monoisotopic (exact) mass is 796 g/mol. The van der Waals surface area contributed by atoms with Crippen molar-refractivity contribution in [3.05, 3.63) is 148 Å². The van der Waals surface area contributed by atoms with Crippen molar-refractivity contribution >= 4 is 29.6 Å². The Morgan fingerprint density at radius 1 is 0.780 bits per heavy atom. The predicted octanol–water partition coefficient (Wildman–Crippen LogP) is 8.82. The van der Waals surface area contributed by atoms with Crippen LogP contribution in [0.3, 0.4) is 0 Å². The third-order valence-electron chi connectivity index (χ3n) is 11.5. The maximum atomic E-state index is 14.2. The van der Waals surface area contributed by atoms with Crippen LogP contribution in [0.2, 0.25) is 0 Å². The number of benzene rings is 4. The van der Waals surface area contributed by atoms with E-state index >= 15 is 0 Å². The molecule has 0 saturated carbocycles. The third-order valence-corrected chi connectivity index (χ3v) is 11.5. The van der Waals surface area contributed by atoms with Gasteiger partial charge in [0.25, 0.3) is 0 Å². The zero-order valence-electron chi connectivity index (χ0n) is 34.6. The molecule has 7 rings (SSSR count). The predicted molar refractivity (Wildman–Crippen MR) is 228 cm³/mol. The van der Waals surface area contributed by atoms with Crippen LogP contribution in [-0.2, 0) is 51.5 Å². The summed E-state index contributed by atoms with van der Waals surface area (Å²) >= 11 is 0. The van der Waals surface area contributed by atoms with Gasteiger partial charge in [0.05, 0.1) is 18.6 Å². The van der Waals surface area contributed by atoms with E-state index < -0.39 is 29.9 Å². The number of nitrogens with zero attached hydrogens (tertiary/aromatic N) is 1. The number of hydrogen-bond acceptors (Lipinski definition) is 6. The van der Waals surface area contributed by atoms with Crippen molar-refractivity contribution in [3.63, 3.8) is 0 Å². The molecule has 1 heterocycles. The van der Waals surface area contributed by atoms with E-state index in [0.29, 0.717) is 12.8 Å². The van der Waals surface area contributed by atoms with Crippen LogP contribution in [0.15, 0.2) is 103 Å². The molecule has 4 atom stereocenters. The van der Waals surface area contributed by atoms with Gasteiger partial charge in [-0.05, 0) is 128 Å². The van der Waals surface area contributed by atoms with Crippen molar-refractivity contribution in [1.29, 1.82) is 0 Å². The number of hydrogen-bond donors (Lipinski definition) is 3. The summed E-state index contributed by atoms with van der Waals surface area (Å²) in [5.74, 6) is -0.543. The van der Waals surface area contributed by atoms with Crippen molar-refractivity contribution in [2.75, 3.05) is 0 Å². The highest BCUT2D eigenvalue weighted by Crippen LogP contribution is 2.33. The lowest BCUT2D eigenvalue weighted by molar-refractivity contribution is -0.128. The number of nitrogens with one attached hydrogen (secondary N) is 3. The molecule has 0 unspecified atom stereocenters. The van der Waals surface area contributed by atoms with Gasteiger partial charge in [-0.15, -0.1) is 0 Å². The average molecular weight is 797 g/mol. The fourth-order valence-electron chi connectivity index (χ4n) is 8.56. The lowest BCUT2D eigenvalue weighted by Gasteiger charge is -2.38. The zero-order chi connectivity index (χ0) is 41.5. The van der Waals surface area contributed by atoms with Crippen LogP contribution in [0.25, 0.3) is 5.57 Å². The molecule has 1 aliphatic heterocycles. The van der Waals surface area contributed by atoms with E-state index in [1.165, 1.54) is 11.1 Å². The number of amides is 4. The Kier molecular flexibility index (Phi) is 12.8. The lowest BCUT2D eigenvalue weighted by atomic mass is 9.86. The summed E-state index contributed by atoms with van der Waals surface area (Å²) in [7, 11) is 0. The third kappa shape index (κ3) is 10.2. The number of allylic oxidation sites excluding steroid dienone is 1. The maximum absolute atomic E-state index is 14.2. The van der Waals surface area contributed by atoms with Gasteiger partial charge in [-0.3, -0.25) is 14.5 Å². The second kappa shape index (κ2) is 18.4. The van der Waals surface area contributed by atoms with Crippen molar-refractivity contribution in [3.8, 4) is 0 Å². The Morgan fingerprint density at radius 3 is 2.05 bits per heavy atom. The standard InChI is InChI=1S/C49H56N4O6/c1-5-33(28-43(52-47(56)58-31-32-15-7-6-8-16-32)45(54)50-41-23-13-19-34-17-9-11-21-39(34)41)36-25-26-37-29-44(53(30-38(37)27-36)48(57)59-49(2,3)4)46(55)51-42-24-14-20-35-18-10-12-22-40(35)42/h6-12,15-18,21-22,25-28,41-44H,5,13-14,19-20,23-24,29-31H2,1-4H3,(H,50,54)(H,51,55)(H,52,56)/b33-28+/t41-,42-,43+,44+/m1/s1. The summed E-state index contributed by atoms with van der Waals surface area (Å²) in [6.45, 7) is 7.69. The van der Waals surface area contributed by atoms with Crippen LogP contribution < -0.4 is 16.0 Å². The molecular weight excluding hydrogens is 741 g/mol. The van der Waals surface area contributed by atoms with Gasteiger partial charge in [0, 0.05) is 6.42 Å². The van der Waals surface area contributed by atoms with E-state index in [9.17, 15) is 19.2 Å². The Morgan fingerprint density at radius 2 is 1.41 bits per heavy atom. The molecule has 0 bridgehead atoms. The molecule has 3 aliphatic rings. The summed E-state index contributed by atoms with van der Waals surface area (Å²) in [6, 6.07) is 29.7. The van der Waals surface area contributed by atoms with Crippen LogP contribution in [0, 0.1) is 0 Å². The smallest absolute Gasteiger partial charge is 0.411 e. The van der Waals surface area contributed by atoms with E-state index in [0.717, 1.165) is 77.5 Å². The minimum Gasteiger partial charge on any atom is -0.445 e. The van der Waals surface area contributed by atoms with E-state index in [2.05, 4.69) is 40.2 Å². The van der Waals surface area contributed by atoms with Gasteiger partial charge in [0.15, 0.2) is 0 Å². The average Bonchev–Trinajstić information content (AvgIpc) is 3.23. The van der Waals surface area contributed by atoms with Crippen LogP contribution in [0.1, 0.15) is 116 Å². The van der Waals surface area contributed by atoms with Gasteiger partial charge in [-0.2, -0.15) is 0 Å². The summed E-state index contributed by atoms with van der Waals surface area (Å²) in [5.41, 5.74) is 8.28. The molecule has 4 amide bonds. The first kappa shape index (κ1) is 41.3. The number of carbonyl (C=O) groups excluding carboxylic acids is 4. The topological polar surface area (TPSA) is 126 Å². The van der Waals surface area contributed by atoms with Gasteiger partial charge in [0.2, 0.25) is 11.8 Å². The summed E-state index contributed by atoms with van der Waals surface area (Å²) in [4.78, 5) is 56.9. The number of aryl methyl sites for hydroxylation is 2. The molecule has 2 aliphatic carbocycles. The molecule has 0 saturated heterocycles. The second-order valence-electron chi connectivity index (χ2n) is 16.8. The molecule has 0 aromatic heterocycles. The highest BCUT2D eigenvalue weighted by Gasteiger charge is 2.38. The number of carbonyl (C=O) groups is 4. The Bertz CT molecular complexity index is 2190. The van der Waals surface area contributed by atoms with Crippen molar-refractivity contribution in [2.24, 2.45) is 0 Å². The highest BCUT2D eigenvalue weighted by molar-refractivity contribution is 5.90. The van der Waals surface area contributed by atoms with Crippen LogP contribution in [0.4, 0.5) is 9.59 Å². The van der Waals surface area contributed by atoms with Crippen LogP contribution in [0.5, 0.6) is 0 Å². The minimum atomic E-state index is -1.03. The summed E-state index contributed by atoms with van der Waals surface area (Å²) in [6.07, 6.45) is 6.90. The molecule has 0 radical (unpaired) electrons. The second-order valence-corrected chi connectivity index (χ2v) is 16.8. The normalized spacial score (nSPS) is 19.2. The first-order chi connectivity index (χ1) is 28.5. The van der Waals surface area contributed by atoms with E-state index in [1.807, 2.05) is 100 Å². The van der Waals surface area contributed by atoms with Crippen LogP contribution >= 0.6 is 0 Å². The van der Waals surface area contributed by atoms with E-state index in [4.69, 9.17) is 9.47 Å². The molecule has 4 aromatic rings. The molecule has 0 fully saturated rings. The van der Waals surface area contributed by atoms with E-state index in [-0.39, 0.29) is 37.0 Å². The van der Waals surface area contributed by atoms with Gasteiger partial charge < -0.3 is 25.4 Å². The first-order valence-corrected chi connectivity index (χ1v) is 21.0. The van der Waals surface area contributed by atoms with Crippen molar-refractivity contribution < 1.29 is 28.7 Å². The van der Waals surface area contributed by atoms with Crippen molar-refractivity contribution in [2.45, 2.75) is 122 Å². The highest BCUT2D eigenvalue weighted by atomic mass is 16.6. The van der Waals surface area contributed by atoms with Crippen LogP contribution in [-0.4, -0.2) is 46.6 Å². The molecule has 308 valence electrons. The molecule has 10 heteroatoms. The fourth-order valence-corrected chi connectivity index (χ4v) is 8.56. The number of rotatable bonds is 10. The number of fused-ring (bicyclic) bond motifs is 3. The molecular formula is C49H56N4O6. The quantitative estimate of drug-likeness (QED) is 0.147. The Hall–Kier alpha value is -5.90. The molecule has 10 nitrogen and oxygen atoms in total. The number of alkyl carbamates (subject to hydrolysis) is 1. The lowest BCUT2D eigenvalue weighted by Crippen LogP contribution is -2.54.